The Morgan fingerprint density at radius 3 is 2.42 bits per heavy atom. The van der Waals surface area contributed by atoms with Crippen LogP contribution in [-0.2, 0) is 35.0 Å². The zero-order chi connectivity index (χ0) is 27.8. The third-order valence-corrected chi connectivity index (χ3v) is 6.56. The van der Waals surface area contributed by atoms with Gasteiger partial charge in [-0.25, -0.2) is 4.79 Å². The van der Waals surface area contributed by atoms with Gasteiger partial charge in [0.05, 0.1) is 39.5 Å². The Morgan fingerprint density at radius 1 is 1.08 bits per heavy atom. The summed E-state index contributed by atoms with van der Waals surface area (Å²) in [6.07, 6.45) is -5.32. The van der Waals surface area contributed by atoms with Crippen molar-refractivity contribution in [3.05, 3.63) is 53.1 Å². The number of rotatable bonds is 10. The van der Waals surface area contributed by atoms with Gasteiger partial charge >= 0.3 is 11.9 Å². The van der Waals surface area contributed by atoms with Crippen molar-refractivity contribution in [2.24, 2.45) is 5.92 Å². The van der Waals surface area contributed by atoms with Crippen LogP contribution >= 0.6 is 0 Å². The van der Waals surface area contributed by atoms with Crippen LogP contribution in [0.25, 0.3) is 0 Å². The first kappa shape index (κ1) is 29.7. The zero-order valence-corrected chi connectivity index (χ0v) is 20.9. The van der Waals surface area contributed by atoms with Gasteiger partial charge < -0.3 is 49.6 Å². The van der Waals surface area contributed by atoms with Crippen molar-refractivity contribution in [1.29, 1.82) is 0 Å². The lowest BCUT2D eigenvalue weighted by atomic mass is 9.79. The molecule has 1 aliphatic heterocycles. The molecule has 6 N–H and O–H groups in total. The van der Waals surface area contributed by atoms with Crippen LogP contribution < -0.4 is 0 Å². The molecule has 0 saturated carbocycles. The molecule has 0 bridgehead atoms. The van der Waals surface area contributed by atoms with Crippen LogP contribution in [0.1, 0.15) is 18.4 Å². The number of phenols is 1. The maximum Gasteiger partial charge on any atom is 0.334 e. The summed E-state index contributed by atoms with van der Waals surface area (Å²) in [5.74, 6) is -2.07. The standard InChI is InChI=1S/C26H34O12/c1-35-25(34)17-6-7-19(37-26-24(33)23(32)22(31)20(13-28)38-26)16(8-10-27)18(17)12-21(30)36-11-9-14-2-4-15(29)5-3-14/h2-6,8,18-20,22-24,26-29,31-33H,7,9-13H2,1H3/t18-,19+,20+,22+,23-,24+,26+/m0/s1. The third-order valence-electron chi connectivity index (χ3n) is 6.56. The highest BCUT2D eigenvalue weighted by Gasteiger charge is 2.46. The van der Waals surface area contributed by atoms with Crippen LogP contribution in [0.3, 0.4) is 0 Å². The minimum Gasteiger partial charge on any atom is -0.508 e. The minimum absolute atomic E-state index is 0.0530. The topological polar surface area (TPSA) is 192 Å². The quantitative estimate of drug-likeness (QED) is 0.159. The second kappa shape index (κ2) is 13.8. The van der Waals surface area contributed by atoms with E-state index in [0.717, 1.165) is 5.56 Å². The summed E-state index contributed by atoms with van der Waals surface area (Å²) in [4.78, 5) is 25.2. The van der Waals surface area contributed by atoms with Gasteiger partial charge in [0.15, 0.2) is 6.29 Å². The van der Waals surface area contributed by atoms with Crippen molar-refractivity contribution in [2.75, 3.05) is 26.9 Å². The number of esters is 2. The molecule has 210 valence electrons. The largest absolute Gasteiger partial charge is 0.508 e. The van der Waals surface area contributed by atoms with Gasteiger partial charge in [0.2, 0.25) is 0 Å². The molecular formula is C26H34O12. The maximum atomic E-state index is 12.7. The van der Waals surface area contributed by atoms with E-state index in [1.54, 1.807) is 12.1 Å². The molecule has 0 aromatic heterocycles. The number of benzene rings is 1. The van der Waals surface area contributed by atoms with Crippen molar-refractivity contribution in [3.8, 4) is 5.75 Å². The van der Waals surface area contributed by atoms with Crippen molar-refractivity contribution >= 4 is 11.9 Å². The molecule has 1 aliphatic carbocycles. The van der Waals surface area contributed by atoms with Gasteiger partial charge in [-0.3, -0.25) is 4.79 Å². The molecule has 7 atom stereocenters. The van der Waals surface area contributed by atoms with E-state index in [1.165, 1.54) is 31.4 Å². The second-order valence-corrected chi connectivity index (χ2v) is 8.99. The van der Waals surface area contributed by atoms with Crippen LogP contribution in [0.4, 0.5) is 0 Å². The van der Waals surface area contributed by atoms with E-state index in [2.05, 4.69) is 0 Å². The van der Waals surface area contributed by atoms with Crippen LogP contribution in [-0.4, -0.2) is 106 Å². The number of hydrogen-bond acceptors (Lipinski definition) is 12. The smallest absolute Gasteiger partial charge is 0.334 e. The number of carbonyl (C=O) groups excluding carboxylic acids is 2. The number of aliphatic hydroxyl groups is 5. The molecule has 0 radical (unpaired) electrons. The van der Waals surface area contributed by atoms with Gasteiger partial charge in [0, 0.05) is 17.9 Å². The Labute approximate surface area is 219 Å². The van der Waals surface area contributed by atoms with E-state index < -0.39 is 67.9 Å². The number of phenolic OH excluding ortho intramolecular Hbond substituents is 1. The van der Waals surface area contributed by atoms with Crippen molar-refractivity contribution in [2.45, 2.75) is 56.1 Å². The Hall–Kier alpha value is -2.84. The van der Waals surface area contributed by atoms with E-state index in [-0.39, 0.29) is 30.8 Å². The van der Waals surface area contributed by atoms with Gasteiger partial charge in [-0.1, -0.05) is 24.3 Å². The van der Waals surface area contributed by atoms with Crippen molar-refractivity contribution in [3.63, 3.8) is 0 Å². The molecule has 1 aromatic carbocycles. The molecule has 1 aromatic rings. The molecule has 2 aliphatic rings. The summed E-state index contributed by atoms with van der Waals surface area (Å²) in [7, 11) is 1.20. The molecule has 1 fully saturated rings. The van der Waals surface area contributed by atoms with Crippen molar-refractivity contribution < 1.29 is 59.2 Å². The highest BCUT2D eigenvalue weighted by atomic mass is 16.7. The molecule has 0 unspecified atom stereocenters. The Kier molecular flexibility index (Phi) is 10.8. The van der Waals surface area contributed by atoms with Gasteiger partial charge in [-0.15, -0.1) is 0 Å². The average molecular weight is 539 g/mol. The average Bonchev–Trinajstić information content (AvgIpc) is 2.91. The lowest BCUT2D eigenvalue weighted by molar-refractivity contribution is -0.308. The molecule has 1 heterocycles. The monoisotopic (exact) mass is 538 g/mol. The molecule has 12 nitrogen and oxygen atoms in total. The molecular weight excluding hydrogens is 504 g/mol. The van der Waals surface area contributed by atoms with E-state index in [0.29, 0.717) is 12.0 Å². The molecule has 38 heavy (non-hydrogen) atoms. The highest BCUT2D eigenvalue weighted by molar-refractivity contribution is 5.91. The summed E-state index contributed by atoms with van der Waals surface area (Å²) in [6.45, 7) is -1.04. The number of aromatic hydroxyl groups is 1. The number of hydrogen-bond donors (Lipinski definition) is 6. The predicted molar refractivity (Wildman–Crippen MR) is 129 cm³/mol. The summed E-state index contributed by atoms with van der Waals surface area (Å²) in [6, 6.07) is 6.44. The Bertz CT molecular complexity index is 1000. The zero-order valence-electron chi connectivity index (χ0n) is 20.9. The fraction of sp³-hybridized carbons (Fsp3) is 0.538. The van der Waals surface area contributed by atoms with E-state index in [1.807, 2.05) is 0 Å². The van der Waals surface area contributed by atoms with Crippen LogP contribution in [0.15, 0.2) is 47.6 Å². The number of aliphatic hydroxyl groups excluding tert-OH is 5. The third kappa shape index (κ3) is 7.17. The number of methoxy groups -OCH3 is 1. The SMILES string of the molecule is COC(=O)C1=CC[C@@H](O[C@@H]2O[C@H](CO)[C@@H](O)[C@H](O)[C@H]2O)C(=CCO)[C@@H]1CC(=O)OCCc1ccc(O)cc1. The normalized spacial score (nSPS) is 30.5. The fourth-order valence-corrected chi connectivity index (χ4v) is 4.51. The van der Waals surface area contributed by atoms with E-state index in [9.17, 15) is 40.2 Å². The Balaban J connectivity index is 1.75. The molecule has 3 rings (SSSR count). The van der Waals surface area contributed by atoms with Crippen LogP contribution in [0.5, 0.6) is 5.75 Å². The molecule has 1 saturated heterocycles. The van der Waals surface area contributed by atoms with Gasteiger partial charge in [-0.05, 0) is 29.7 Å². The van der Waals surface area contributed by atoms with Crippen LogP contribution in [0.2, 0.25) is 0 Å². The van der Waals surface area contributed by atoms with Gasteiger partial charge in [0.25, 0.3) is 0 Å². The summed E-state index contributed by atoms with van der Waals surface area (Å²) in [5.41, 5.74) is 1.34. The molecule has 0 spiro atoms. The number of carbonyl (C=O) groups is 2. The summed E-state index contributed by atoms with van der Waals surface area (Å²) in [5, 5.41) is 59.0. The lowest BCUT2D eigenvalue weighted by Crippen LogP contribution is -2.59. The van der Waals surface area contributed by atoms with E-state index >= 15 is 0 Å². The van der Waals surface area contributed by atoms with Crippen LogP contribution in [0, 0.1) is 5.92 Å². The number of ether oxygens (including phenoxy) is 4. The lowest BCUT2D eigenvalue weighted by Gasteiger charge is -2.42. The predicted octanol–water partition coefficient (Wildman–Crippen LogP) is -0.909. The van der Waals surface area contributed by atoms with Crippen molar-refractivity contribution in [1.82, 2.24) is 0 Å². The summed E-state index contributed by atoms with van der Waals surface area (Å²) >= 11 is 0. The van der Waals surface area contributed by atoms with Gasteiger partial charge in [0.1, 0.15) is 30.2 Å². The fourth-order valence-electron chi connectivity index (χ4n) is 4.51. The minimum atomic E-state index is -1.66. The summed E-state index contributed by atoms with van der Waals surface area (Å²) < 4.78 is 21.5. The Morgan fingerprint density at radius 2 is 1.79 bits per heavy atom. The molecule has 0 amide bonds. The second-order valence-electron chi connectivity index (χ2n) is 8.99. The van der Waals surface area contributed by atoms with Gasteiger partial charge in [-0.2, -0.15) is 0 Å². The first-order valence-corrected chi connectivity index (χ1v) is 12.2. The first-order valence-electron chi connectivity index (χ1n) is 12.2. The maximum absolute atomic E-state index is 12.7. The molecule has 12 heteroatoms. The van der Waals surface area contributed by atoms with E-state index in [4.69, 9.17) is 18.9 Å². The first-order chi connectivity index (χ1) is 18.2. The highest BCUT2D eigenvalue weighted by Crippen LogP contribution is 2.37.